The standard InChI is InChI=1S/C18H11F3/c19-14-11-15(20)17(13-9-5-2-6-10-13)18(21)16(14)12-7-3-1-4-8-12/h1-11H. The van der Waals surface area contributed by atoms with Gasteiger partial charge in [-0.25, -0.2) is 13.2 Å². The van der Waals surface area contributed by atoms with Gasteiger partial charge < -0.3 is 0 Å². The van der Waals surface area contributed by atoms with Crippen LogP contribution in [0.2, 0.25) is 0 Å². The monoisotopic (exact) mass is 284 g/mol. The summed E-state index contributed by atoms with van der Waals surface area (Å²) in [6.45, 7) is 0. The zero-order chi connectivity index (χ0) is 14.8. The lowest BCUT2D eigenvalue weighted by Crippen LogP contribution is -1.98. The van der Waals surface area contributed by atoms with Crippen molar-refractivity contribution in [2.45, 2.75) is 0 Å². The van der Waals surface area contributed by atoms with Crippen LogP contribution < -0.4 is 0 Å². The van der Waals surface area contributed by atoms with E-state index >= 15 is 0 Å². The number of benzene rings is 3. The predicted octanol–water partition coefficient (Wildman–Crippen LogP) is 5.44. The van der Waals surface area contributed by atoms with E-state index in [4.69, 9.17) is 0 Å². The van der Waals surface area contributed by atoms with Crippen LogP contribution >= 0.6 is 0 Å². The lowest BCUT2D eigenvalue weighted by molar-refractivity contribution is 0.552. The first-order valence-electron chi connectivity index (χ1n) is 6.47. The van der Waals surface area contributed by atoms with Crippen LogP contribution in [0.3, 0.4) is 0 Å². The van der Waals surface area contributed by atoms with E-state index in [1.165, 1.54) is 0 Å². The molecule has 104 valence electrons. The van der Waals surface area contributed by atoms with Gasteiger partial charge in [0.1, 0.15) is 17.5 Å². The van der Waals surface area contributed by atoms with Gasteiger partial charge in [0.05, 0.1) is 11.1 Å². The smallest absolute Gasteiger partial charge is 0.144 e. The fourth-order valence-corrected chi connectivity index (χ4v) is 2.33. The van der Waals surface area contributed by atoms with Gasteiger partial charge in [-0.15, -0.1) is 0 Å². The Morgan fingerprint density at radius 2 is 0.905 bits per heavy atom. The van der Waals surface area contributed by atoms with Crippen LogP contribution in [-0.2, 0) is 0 Å². The van der Waals surface area contributed by atoms with Crippen molar-refractivity contribution in [3.05, 3.63) is 84.2 Å². The number of rotatable bonds is 2. The van der Waals surface area contributed by atoms with Crippen LogP contribution in [0, 0.1) is 17.5 Å². The molecule has 3 heteroatoms. The predicted molar refractivity (Wildman–Crippen MR) is 77.2 cm³/mol. The van der Waals surface area contributed by atoms with E-state index < -0.39 is 17.5 Å². The zero-order valence-electron chi connectivity index (χ0n) is 11.0. The second kappa shape index (κ2) is 5.44. The Bertz CT molecular complexity index is 702. The second-order valence-corrected chi connectivity index (χ2v) is 4.64. The lowest BCUT2D eigenvalue weighted by Gasteiger charge is -2.11. The van der Waals surface area contributed by atoms with Crippen molar-refractivity contribution in [1.29, 1.82) is 0 Å². The zero-order valence-corrected chi connectivity index (χ0v) is 11.0. The Balaban J connectivity index is 2.29. The van der Waals surface area contributed by atoms with E-state index in [-0.39, 0.29) is 11.1 Å². The van der Waals surface area contributed by atoms with Crippen LogP contribution in [0.15, 0.2) is 66.7 Å². The molecule has 0 saturated heterocycles. The molecule has 0 saturated carbocycles. The van der Waals surface area contributed by atoms with Gasteiger partial charge in [-0.05, 0) is 11.1 Å². The van der Waals surface area contributed by atoms with E-state index in [2.05, 4.69) is 0 Å². The van der Waals surface area contributed by atoms with Crippen molar-refractivity contribution in [1.82, 2.24) is 0 Å². The Morgan fingerprint density at radius 3 is 1.29 bits per heavy atom. The molecule has 0 unspecified atom stereocenters. The summed E-state index contributed by atoms with van der Waals surface area (Å²) >= 11 is 0. The molecule has 0 fully saturated rings. The van der Waals surface area contributed by atoms with Gasteiger partial charge in [-0.1, -0.05) is 60.7 Å². The Morgan fingerprint density at radius 1 is 0.524 bits per heavy atom. The normalized spacial score (nSPS) is 10.6. The van der Waals surface area contributed by atoms with Gasteiger partial charge in [0, 0.05) is 6.07 Å². The quantitative estimate of drug-likeness (QED) is 0.588. The molecule has 0 nitrogen and oxygen atoms in total. The molecule has 3 aromatic rings. The fraction of sp³-hybridized carbons (Fsp3) is 0. The first-order chi connectivity index (χ1) is 10.2. The molecule has 0 radical (unpaired) electrons. The minimum Gasteiger partial charge on any atom is -0.206 e. The minimum atomic E-state index is -0.907. The summed E-state index contributed by atoms with van der Waals surface area (Å²) in [6.07, 6.45) is 0. The van der Waals surface area contributed by atoms with Gasteiger partial charge in [0.2, 0.25) is 0 Å². The molecule has 0 heterocycles. The summed E-state index contributed by atoms with van der Waals surface area (Å²) < 4.78 is 42.7. The number of hydrogen-bond acceptors (Lipinski definition) is 0. The molecule has 21 heavy (non-hydrogen) atoms. The van der Waals surface area contributed by atoms with Gasteiger partial charge in [0.15, 0.2) is 0 Å². The van der Waals surface area contributed by atoms with Gasteiger partial charge >= 0.3 is 0 Å². The van der Waals surface area contributed by atoms with Crippen LogP contribution in [0.1, 0.15) is 0 Å². The number of hydrogen-bond donors (Lipinski definition) is 0. The summed E-state index contributed by atoms with van der Waals surface area (Å²) in [5.74, 6) is -2.70. The summed E-state index contributed by atoms with van der Waals surface area (Å²) in [5.41, 5.74) is 0.334. The summed E-state index contributed by atoms with van der Waals surface area (Å²) in [4.78, 5) is 0. The van der Waals surface area contributed by atoms with Crippen LogP contribution in [0.4, 0.5) is 13.2 Å². The second-order valence-electron chi connectivity index (χ2n) is 4.64. The molecule has 0 amide bonds. The molecule has 3 aromatic carbocycles. The van der Waals surface area contributed by atoms with E-state index in [1.54, 1.807) is 60.7 Å². The van der Waals surface area contributed by atoms with E-state index in [1.807, 2.05) is 0 Å². The Kier molecular flexibility index (Phi) is 3.48. The molecule has 0 aliphatic carbocycles. The molecule has 0 spiro atoms. The summed E-state index contributed by atoms with van der Waals surface area (Å²) in [7, 11) is 0. The van der Waals surface area contributed by atoms with Crippen LogP contribution in [-0.4, -0.2) is 0 Å². The maximum absolute atomic E-state index is 14.7. The molecule has 0 aliphatic heterocycles. The van der Waals surface area contributed by atoms with E-state index in [0.29, 0.717) is 11.1 Å². The van der Waals surface area contributed by atoms with Crippen molar-refractivity contribution < 1.29 is 13.2 Å². The first kappa shape index (κ1) is 13.4. The maximum Gasteiger partial charge on any atom is 0.144 e. The summed E-state index contributed by atoms with van der Waals surface area (Å²) in [5, 5.41) is 0. The van der Waals surface area contributed by atoms with Crippen molar-refractivity contribution in [2.75, 3.05) is 0 Å². The third-order valence-corrected chi connectivity index (χ3v) is 3.30. The SMILES string of the molecule is Fc1cc(F)c(-c2ccccc2)c(F)c1-c1ccccc1. The molecule has 0 atom stereocenters. The average Bonchev–Trinajstić information content (AvgIpc) is 2.49. The van der Waals surface area contributed by atoms with Gasteiger partial charge in [0.25, 0.3) is 0 Å². The van der Waals surface area contributed by atoms with Crippen LogP contribution in [0.5, 0.6) is 0 Å². The number of halogens is 3. The maximum atomic E-state index is 14.7. The fourth-order valence-electron chi connectivity index (χ4n) is 2.33. The van der Waals surface area contributed by atoms with Crippen LogP contribution in [0.25, 0.3) is 22.3 Å². The molecule has 0 N–H and O–H groups in total. The molecular formula is C18H11F3. The Hall–Kier alpha value is -2.55. The van der Waals surface area contributed by atoms with E-state index in [9.17, 15) is 13.2 Å². The largest absolute Gasteiger partial charge is 0.206 e. The van der Waals surface area contributed by atoms with Gasteiger partial charge in [-0.3, -0.25) is 0 Å². The lowest BCUT2D eigenvalue weighted by atomic mass is 9.97. The van der Waals surface area contributed by atoms with Crippen molar-refractivity contribution in [2.24, 2.45) is 0 Å². The molecule has 3 rings (SSSR count). The highest BCUT2D eigenvalue weighted by Crippen LogP contribution is 2.35. The minimum absolute atomic E-state index is 0.212. The molecule has 0 aliphatic rings. The van der Waals surface area contributed by atoms with E-state index in [0.717, 1.165) is 6.07 Å². The van der Waals surface area contributed by atoms with Crippen molar-refractivity contribution in [3.8, 4) is 22.3 Å². The van der Waals surface area contributed by atoms with Crippen molar-refractivity contribution in [3.63, 3.8) is 0 Å². The van der Waals surface area contributed by atoms with Crippen molar-refractivity contribution >= 4 is 0 Å². The Labute approximate surface area is 120 Å². The highest BCUT2D eigenvalue weighted by Gasteiger charge is 2.20. The first-order valence-corrected chi connectivity index (χ1v) is 6.47. The molecular weight excluding hydrogens is 273 g/mol. The topological polar surface area (TPSA) is 0 Å². The molecule has 0 aromatic heterocycles. The third kappa shape index (κ3) is 2.42. The molecule has 0 bridgehead atoms. The van der Waals surface area contributed by atoms with Gasteiger partial charge in [-0.2, -0.15) is 0 Å². The highest BCUT2D eigenvalue weighted by atomic mass is 19.1. The highest BCUT2D eigenvalue weighted by molar-refractivity contribution is 5.75. The average molecular weight is 284 g/mol. The summed E-state index contributed by atoms with van der Waals surface area (Å²) in [6, 6.07) is 17.3. The third-order valence-electron chi connectivity index (χ3n) is 3.30.